The van der Waals surface area contributed by atoms with Gasteiger partial charge in [-0.15, -0.1) is 0 Å². The fourth-order valence-corrected chi connectivity index (χ4v) is 4.95. The summed E-state index contributed by atoms with van der Waals surface area (Å²) in [7, 11) is -2.98. The largest absolute Gasteiger partial charge is 0.443 e. The number of thiocarbonyl (C=S) groups is 1. The summed E-state index contributed by atoms with van der Waals surface area (Å²) in [5.41, 5.74) is -4.14. The summed E-state index contributed by atoms with van der Waals surface area (Å²) < 4.78 is 71.0. The van der Waals surface area contributed by atoms with Crippen LogP contribution in [-0.4, -0.2) is 65.2 Å². The number of nitrogens with zero attached hydrogens (tertiary/aromatic N) is 4. The second kappa shape index (κ2) is 9.85. The molecule has 1 aliphatic rings. The molecule has 0 N–H and O–H groups in total. The van der Waals surface area contributed by atoms with Crippen molar-refractivity contribution in [3.63, 3.8) is 0 Å². The summed E-state index contributed by atoms with van der Waals surface area (Å²) in [5.74, 6) is -1.07. The predicted molar refractivity (Wildman–Crippen MR) is 131 cm³/mol. The number of anilines is 1. The first-order valence-electron chi connectivity index (χ1n) is 10.7. The van der Waals surface area contributed by atoms with Crippen molar-refractivity contribution in [1.29, 1.82) is 0 Å². The van der Waals surface area contributed by atoms with E-state index in [1.807, 2.05) is 0 Å². The summed E-state index contributed by atoms with van der Waals surface area (Å²) >= 11 is 5.38. The van der Waals surface area contributed by atoms with Crippen LogP contribution in [0.4, 0.5) is 29.3 Å². The fraction of sp³-hybridized carbons (Fsp3) is 0.545. The summed E-state index contributed by atoms with van der Waals surface area (Å²) in [6.07, 6.45) is -5.89. The van der Waals surface area contributed by atoms with Gasteiger partial charge in [-0.05, 0) is 65.4 Å². The molecule has 0 atom stereocenters. The van der Waals surface area contributed by atoms with Gasteiger partial charge >= 0.3 is 12.3 Å². The van der Waals surface area contributed by atoms with Gasteiger partial charge < -0.3 is 9.64 Å². The molecule has 198 valence electrons. The molecule has 1 heterocycles. The molecule has 1 saturated heterocycles. The third kappa shape index (κ3) is 6.07. The third-order valence-electron chi connectivity index (χ3n) is 5.34. The molecule has 0 unspecified atom stereocenters. The van der Waals surface area contributed by atoms with Crippen LogP contribution in [0.2, 0.25) is 0 Å². The molecule has 14 heteroatoms. The highest BCUT2D eigenvalue weighted by Crippen LogP contribution is 2.40. The van der Waals surface area contributed by atoms with Crippen molar-refractivity contribution in [1.82, 2.24) is 9.21 Å². The molecule has 1 aromatic rings. The average Bonchev–Trinajstić information content (AvgIpc) is 2.90. The van der Waals surface area contributed by atoms with Crippen LogP contribution in [0.5, 0.6) is 0 Å². The lowest BCUT2D eigenvalue weighted by Gasteiger charge is -2.29. The maximum Gasteiger partial charge on any atom is 0.423 e. The number of sulfonamides is 1. The third-order valence-corrected chi connectivity index (χ3v) is 7.53. The second-order valence-corrected chi connectivity index (χ2v) is 12.0. The van der Waals surface area contributed by atoms with Crippen LogP contribution in [-0.2, 0) is 25.7 Å². The highest BCUT2D eigenvalue weighted by molar-refractivity contribution is 7.89. The van der Waals surface area contributed by atoms with E-state index in [0.29, 0.717) is 10.4 Å². The fourth-order valence-electron chi connectivity index (χ4n) is 3.41. The average molecular weight is 549 g/mol. The number of carbonyl (C=O) groups excluding carboxylic acids is 2. The molecule has 0 radical (unpaired) electrons. The van der Waals surface area contributed by atoms with Crippen molar-refractivity contribution < 1.29 is 35.9 Å². The van der Waals surface area contributed by atoms with Crippen molar-refractivity contribution in [2.75, 3.05) is 24.2 Å². The number of halogens is 3. The number of hydrogen-bond acceptors (Lipinski definition) is 6. The molecule has 0 aromatic heterocycles. The monoisotopic (exact) mass is 548 g/mol. The highest BCUT2D eigenvalue weighted by Gasteiger charge is 2.49. The molecule has 0 spiro atoms. The number of amides is 2. The normalized spacial score (nSPS) is 16.2. The number of alkyl halides is 3. The van der Waals surface area contributed by atoms with E-state index in [1.54, 1.807) is 20.8 Å². The molecule has 36 heavy (non-hydrogen) atoms. The van der Waals surface area contributed by atoms with E-state index in [1.165, 1.54) is 24.8 Å². The molecule has 0 bridgehead atoms. The summed E-state index contributed by atoms with van der Waals surface area (Å²) in [4.78, 5) is 30.5. The molecule has 2 amide bonds. The van der Waals surface area contributed by atoms with Crippen LogP contribution in [0.1, 0.15) is 46.6 Å². The van der Waals surface area contributed by atoms with Gasteiger partial charge in [0.1, 0.15) is 11.1 Å². The van der Waals surface area contributed by atoms with Crippen LogP contribution in [0.15, 0.2) is 18.2 Å². The Morgan fingerprint density at radius 2 is 1.83 bits per heavy atom. The van der Waals surface area contributed by atoms with Crippen LogP contribution >= 0.6 is 12.2 Å². The zero-order chi connectivity index (χ0) is 27.9. The standard InChI is InChI=1S/C22H27F3N4O5S2/c1-20(2,3)34-19(31)27(7)36(32,33)12-8-11-28-18(35)29(17(30)21(28,4)5)14-9-10-16(26-6)15(13-14)22(23,24)25/h9-10,13H,8,11-12H2,1-5,7H3. The van der Waals surface area contributed by atoms with Gasteiger partial charge in [-0.1, -0.05) is 6.07 Å². The lowest BCUT2D eigenvalue weighted by molar-refractivity contribution is -0.136. The van der Waals surface area contributed by atoms with Crippen molar-refractivity contribution in [3.8, 4) is 0 Å². The number of rotatable bonds is 6. The van der Waals surface area contributed by atoms with E-state index < -0.39 is 56.3 Å². The smallest absolute Gasteiger partial charge is 0.423 e. The van der Waals surface area contributed by atoms with Crippen LogP contribution < -0.4 is 4.90 Å². The Morgan fingerprint density at radius 1 is 1.25 bits per heavy atom. The predicted octanol–water partition coefficient (Wildman–Crippen LogP) is 4.56. The van der Waals surface area contributed by atoms with E-state index in [4.69, 9.17) is 23.5 Å². The molecule has 0 aliphatic carbocycles. The minimum Gasteiger partial charge on any atom is -0.443 e. The second-order valence-electron chi connectivity index (χ2n) is 9.56. The quantitative estimate of drug-likeness (QED) is 0.380. The van der Waals surface area contributed by atoms with E-state index >= 15 is 0 Å². The van der Waals surface area contributed by atoms with E-state index in [9.17, 15) is 31.2 Å². The highest BCUT2D eigenvalue weighted by atomic mass is 32.2. The Bertz CT molecular complexity index is 1220. The lowest BCUT2D eigenvalue weighted by atomic mass is 10.0. The van der Waals surface area contributed by atoms with E-state index in [0.717, 1.165) is 18.0 Å². The van der Waals surface area contributed by atoms with Gasteiger partial charge in [-0.2, -0.15) is 13.2 Å². The van der Waals surface area contributed by atoms with Crippen molar-refractivity contribution in [2.45, 2.75) is 58.4 Å². The van der Waals surface area contributed by atoms with Gasteiger partial charge in [-0.25, -0.2) is 22.4 Å². The number of ether oxygens (including phenoxy) is 1. The molecular weight excluding hydrogens is 521 g/mol. The van der Waals surface area contributed by atoms with Crippen molar-refractivity contribution in [3.05, 3.63) is 35.2 Å². The van der Waals surface area contributed by atoms with Crippen molar-refractivity contribution >= 4 is 50.7 Å². The minimum absolute atomic E-state index is 0.0261. The Morgan fingerprint density at radius 3 is 2.33 bits per heavy atom. The van der Waals surface area contributed by atoms with Gasteiger partial charge in [0, 0.05) is 19.3 Å². The summed E-state index contributed by atoms with van der Waals surface area (Å²) in [6.45, 7) is 14.8. The Kier molecular flexibility index (Phi) is 8.02. The number of hydrogen-bond donors (Lipinski definition) is 0. The molecule has 9 nitrogen and oxygen atoms in total. The van der Waals surface area contributed by atoms with Gasteiger partial charge in [0.2, 0.25) is 10.0 Å². The van der Waals surface area contributed by atoms with Crippen LogP contribution in [0, 0.1) is 6.57 Å². The molecule has 1 aliphatic heterocycles. The van der Waals surface area contributed by atoms with Gasteiger partial charge in [0.15, 0.2) is 10.8 Å². The Hall–Kier alpha value is -2.92. The SMILES string of the molecule is [C-]#[N+]c1ccc(N2C(=O)C(C)(C)N(CCCS(=O)(=O)N(C)C(=O)OC(C)(C)C)C2=S)cc1C(F)(F)F. The lowest BCUT2D eigenvalue weighted by Crippen LogP contribution is -2.45. The Balaban J connectivity index is 2.23. The van der Waals surface area contributed by atoms with Crippen LogP contribution in [0.3, 0.4) is 0 Å². The summed E-state index contributed by atoms with van der Waals surface area (Å²) in [6, 6.07) is 2.86. The van der Waals surface area contributed by atoms with Crippen LogP contribution in [0.25, 0.3) is 4.85 Å². The van der Waals surface area contributed by atoms with Gasteiger partial charge in [-0.3, -0.25) is 9.69 Å². The molecule has 1 fully saturated rings. The first kappa shape index (κ1) is 29.3. The molecule has 0 saturated carbocycles. The van der Waals surface area contributed by atoms with Gasteiger partial charge in [0.05, 0.1) is 17.9 Å². The maximum atomic E-state index is 13.4. The first-order chi connectivity index (χ1) is 16.2. The van der Waals surface area contributed by atoms with E-state index in [2.05, 4.69) is 4.85 Å². The topological polar surface area (TPSA) is 91.6 Å². The minimum atomic E-state index is -4.82. The van der Waals surface area contributed by atoms with Crippen molar-refractivity contribution in [2.24, 2.45) is 0 Å². The zero-order valence-corrected chi connectivity index (χ0v) is 22.3. The van der Waals surface area contributed by atoms with E-state index in [-0.39, 0.29) is 23.8 Å². The molecule has 2 rings (SSSR count). The molecule has 1 aromatic carbocycles. The molecular formula is C22H27F3N4O5S2. The number of carbonyl (C=O) groups is 2. The summed E-state index contributed by atoms with van der Waals surface area (Å²) in [5, 5.41) is -0.105. The number of benzene rings is 1. The maximum absolute atomic E-state index is 13.4. The first-order valence-corrected chi connectivity index (χ1v) is 12.7. The zero-order valence-electron chi connectivity index (χ0n) is 20.6. The Labute approximate surface area is 213 Å². The van der Waals surface area contributed by atoms with Gasteiger partial charge in [0.25, 0.3) is 5.91 Å².